The van der Waals surface area contributed by atoms with Crippen LogP contribution in [0, 0.1) is 13.8 Å². The van der Waals surface area contributed by atoms with Crippen LogP contribution < -0.4 is 0 Å². The van der Waals surface area contributed by atoms with E-state index in [0.717, 1.165) is 5.69 Å². The van der Waals surface area contributed by atoms with Crippen molar-refractivity contribution in [1.29, 1.82) is 0 Å². The second-order valence-electron chi connectivity index (χ2n) is 5.46. The number of hydrogen-bond donors (Lipinski definition) is 0. The Balaban J connectivity index is 1.70. The second-order valence-corrected chi connectivity index (χ2v) is 6.31. The average Bonchev–Trinajstić information content (AvgIpc) is 3.01. The van der Waals surface area contributed by atoms with E-state index in [1.165, 1.54) is 0 Å². The number of halogens is 2. The summed E-state index contributed by atoms with van der Waals surface area (Å²) in [4.78, 5) is 16.4. The van der Waals surface area contributed by atoms with Gasteiger partial charge in [0, 0.05) is 22.3 Å². The van der Waals surface area contributed by atoms with Crippen molar-refractivity contribution in [2.45, 2.75) is 20.5 Å². The van der Waals surface area contributed by atoms with Crippen molar-refractivity contribution in [3.8, 4) is 11.3 Å². The van der Waals surface area contributed by atoms with E-state index >= 15 is 0 Å². The van der Waals surface area contributed by atoms with Gasteiger partial charge in [0.2, 0.25) is 0 Å². The maximum absolute atomic E-state index is 12.2. The zero-order chi connectivity index (χ0) is 18.0. The molecular weight excluding hydrogens is 363 g/mol. The van der Waals surface area contributed by atoms with Crippen molar-refractivity contribution in [2.24, 2.45) is 0 Å². The molecule has 0 unspecified atom stereocenters. The fourth-order valence-corrected chi connectivity index (χ4v) is 2.83. The fourth-order valence-electron chi connectivity index (χ4n) is 2.32. The number of aromatic nitrogens is 2. The quantitative estimate of drug-likeness (QED) is 0.598. The van der Waals surface area contributed by atoms with Crippen LogP contribution in [-0.4, -0.2) is 16.1 Å². The van der Waals surface area contributed by atoms with Crippen molar-refractivity contribution >= 4 is 29.2 Å². The fraction of sp³-hybridized carbons (Fsp3) is 0.167. The smallest absolute Gasteiger partial charge is 0.340 e. The molecule has 25 heavy (non-hydrogen) atoms. The number of rotatable bonds is 4. The first-order valence-electron chi connectivity index (χ1n) is 7.46. The molecule has 3 rings (SSSR count). The van der Waals surface area contributed by atoms with Crippen LogP contribution in [-0.2, 0) is 11.3 Å². The predicted molar refractivity (Wildman–Crippen MR) is 94.8 cm³/mol. The monoisotopic (exact) mass is 376 g/mol. The molecule has 0 aliphatic rings. The maximum atomic E-state index is 12.2. The van der Waals surface area contributed by atoms with Crippen LogP contribution in [0.25, 0.3) is 11.3 Å². The molecule has 2 heterocycles. The van der Waals surface area contributed by atoms with Gasteiger partial charge in [0.15, 0.2) is 12.4 Å². The number of hydrogen-bond acceptors (Lipinski definition) is 5. The highest BCUT2D eigenvalue weighted by atomic mass is 35.5. The molecule has 0 amide bonds. The van der Waals surface area contributed by atoms with Crippen molar-refractivity contribution in [1.82, 2.24) is 10.1 Å². The molecule has 0 N–H and O–H groups in total. The van der Waals surface area contributed by atoms with E-state index in [4.69, 9.17) is 32.5 Å². The lowest BCUT2D eigenvalue weighted by molar-refractivity contribution is 0.0436. The van der Waals surface area contributed by atoms with E-state index in [1.807, 2.05) is 6.92 Å². The molecule has 0 fully saturated rings. The first-order chi connectivity index (χ1) is 11.9. The summed E-state index contributed by atoms with van der Waals surface area (Å²) in [5.41, 5.74) is 3.11. The van der Waals surface area contributed by atoms with E-state index in [-0.39, 0.29) is 6.61 Å². The molecule has 7 heteroatoms. The third kappa shape index (κ3) is 4.00. The summed E-state index contributed by atoms with van der Waals surface area (Å²) in [5, 5.41) is 4.95. The van der Waals surface area contributed by atoms with Crippen LogP contribution in [0.3, 0.4) is 0 Å². The van der Waals surface area contributed by atoms with Crippen LogP contribution in [0.15, 0.2) is 40.9 Å². The van der Waals surface area contributed by atoms with Gasteiger partial charge in [-0.05, 0) is 44.2 Å². The highest BCUT2D eigenvalue weighted by Gasteiger charge is 2.15. The van der Waals surface area contributed by atoms with Gasteiger partial charge in [-0.2, -0.15) is 0 Å². The molecule has 128 valence electrons. The van der Waals surface area contributed by atoms with Crippen molar-refractivity contribution < 1.29 is 14.1 Å². The Morgan fingerprint density at radius 1 is 1.16 bits per heavy atom. The minimum absolute atomic E-state index is 0.0373. The lowest BCUT2D eigenvalue weighted by Crippen LogP contribution is -2.08. The first kappa shape index (κ1) is 17.5. The molecule has 0 bridgehead atoms. The third-order valence-electron chi connectivity index (χ3n) is 3.56. The molecule has 1 aromatic carbocycles. The summed E-state index contributed by atoms with van der Waals surface area (Å²) < 4.78 is 10.5. The zero-order valence-electron chi connectivity index (χ0n) is 13.5. The second kappa shape index (κ2) is 7.25. The Morgan fingerprint density at radius 2 is 1.96 bits per heavy atom. The minimum atomic E-state index is -0.465. The van der Waals surface area contributed by atoms with Crippen LogP contribution in [0.4, 0.5) is 0 Å². The number of carbonyl (C=O) groups is 1. The van der Waals surface area contributed by atoms with E-state index < -0.39 is 5.97 Å². The van der Waals surface area contributed by atoms with Crippen LogP contribution >= 0.6 is 23.2 Å². The highest BCUT2D eigenvalue weighted by Crippen LogP contribution is 2.30. The van der Waals surface area contributed by atoms with Gasteiger partial charge >= 0.3 is 5.97 Å². The van der Waals surface area contributed by atoms with Crippen LogP contribution in [0.2, 0.25) is 10.0 Å². The Labute approximate surface area is 154 Å². The summed E-state index contributed by atoms with van der Waals surface area (Å²) in [5.74, 6) is -0.0560. The van der Waals surface area contributed by atoms with Gasteiger partial charge in [-0.1, -0.05) is 28.4 Å². The third-order valence-corrected chi connectivity index (χ3v) is 4.10. The van der Waals surface area contributed by atoms with E-state index in [1.54, 1.807) is 43.3 Å². The predicted octanol–water partition coefficient (Wildman–Crippen LogP) is 5.02. The Kier molecular flexibility index (Phi) is 5.06. The molecule has 0 saturated heterocycles. The molecule has 0 radical (unpaired) electrons. The molecule has 0 aliphatic heterocycles. The SMILES string of the molecule is Cc1ccc(C(=O)OCc2cc(-c3ccc(Cl)cc3Cl)no2)c(C)n1. The van der Waals surface area contributed by atoms with E-state index in [0.29, 0.717) is 38.3 Å². The molecule has 0 aliphatic carbocycles. The molecular formula is C18H14Cl2N2O3. The molecule has 0 atom stereocenters. The molecule has 2 aromatic heterocycles. The number of pyridine rings is 1. The number of nitrogens with zero attached hydrogens (tertiary/aromatic N) is 2. The number of carbonyl (C=O) groups excluding carboxylic acids is 1. The Morgan fingerprint density at radius 3 is 2.68 bits per heavy atom. The van der Waals surface area contributed by atoms with Crippen LogP contribution in [0.5, 0.6) is 0 Å². The number of ether oxygens (including phenoxy) is 1. The van der Waals surface area contributed by atoms with Crippen molar-refractivity contribution in [2.75, 3.05) is 0 Å². The lowest BCUT2D eigenvalue weighted by Gasteiger charge is -2.05. The average molecular weight is 377 g/mol. The first-order valence-corrected chi connectivity index (χ1v) is 8.22. The van der Waals surface area contributed by atoms with Gasteiger partial charge in [-0.3, -0.25) is 4.98 Å². The van der Waals surface area contributed by atoms with Crippen molar-refractivity contribution in [3.05, 3.63) is 69.2 Å². The zero-order valence-corrected chi connectivity index (χ0v) is 15.1. The summed E-state index contributed by atoms with van der Waals surface area (Å²) >= 11 is 12.0. The maximum Gasteiger partial charge on any atom is 0.340 e. The summed E-state index contributed by atoms with van der Waals surface area (Å²) in [7, 11) is 0. The van der Waals surface area contributed by atoms with Gasteiger partial charge in [0.1, 0.15) is 5.69 Å². The Hall–Kier alpha value is -2.37. The Bertz CT molecular complexity index is 938. The summed E-state index contributed by atoms with van der Waals surface area (Å²) in [6.45, 7) is 3.59. The lowest BCUT2D eigenvalue weighted by atomic mass is 10.1. The van der Waals surface area contributed by atoms with Gasteiger partial charge in [-0.25, -0.2) is 4.79 Å². The van der Waals surface area contributed by atoms with Gasteiger partial charge in [-0.15, -0.1) is 0 Å². The number of benzene rings is 1. The summed E-state index contributed by atoms with van der Waals surface area (Å²) in [6, 6.07) is 10.2. The van der Waals surface area contributed by atoms with E-state index in [9.17, 15) is 4.79 Å². The van der Waals surface area contributed by atoms with Crippen LogP contribution in [0.1, 0.15) is 27.5 Å². The number of esters is 1. The van der Waals surface area contributed by atoms with Crippen molar-refractivity contribution in [3.63, 3.8) is 0 Å². The molecule has 5 nitrogen and oxygen atoms in total. The largest absolute Gasteiger partial charge is 0.454 e. The molecule has 0 saturated carbocycles. The highest BCUT2D eigenvalue weighted by molar-refractivity contribution is 6.36. The number of aryl methyl sites for hydroxylation is 2. The molecule has 0 spiro atoms. The standard InChI is InChI=1S/C18H14Cl2N2O3/c1-10-3-5-14(11(2)21-10)18(23)24-9-13-8-17(22-25-13)15-6-4-12(19)7-16(15)20/h3-8H,9H2,1-2H3. The molecule has 3 aromatic rings. The minimum Gasteiger partial charge on any atom is -0.454 e. The topological polar surface area (TPSA) is 65.2 Å². The summed E-state index contributed by atoms with van der Waals surface area (Å²) in [6.07, 6.45) is 0. The van der Waals surface area contributed by atoms with Gasteiger partial charge < -0.3 is 9.26 Å². The van der Waals surface area contributed by atoms with Gasteiger partial charge in [0.25, 0.3) is 0 Å². The van der Waals surface area contributed by atoms with Gasteiger partial charge in [0.05, 0.1) is 16.3 Å². The normalized spacial score (nSPS) is 10.7. The van der Waals surface area contributed by atoms with E-state index in [2.05, 4.69) is 10.1 Å².